The summed E-state index contributed by atoms with van der Waals surface area (Å²) < 4.78 is 10.9. The van der Waals surface area contributed by atoms with Gasteiger partial charge in [-0.15, -0.1) is 0 Å². The van der Waals surface area contributed by atoms with Crippen molar-refractivity contribution in [2.75, 3.05) is 23.4 Å². The fraction of sp³-hybridized carbons (Fsp3) is 0.212. The van der Waals surface area contributed by atoms with E-state index in [4.69, 9.17) is 9.47 Å². The summed E-state index contributed by atoms with van der Waals surface area (Å²) in [7, 11) is 0. The van der Waals surface area contributed by atoms with E-state index in [1.807, 2.05) is 117 Å². The lowest BCUT2D eigenvalue weighted by atomic mass is 10.1. The van der Waals surface area contributed by atoms with Gasteiger partial charge in [-0.3, -0.25) is 9.69 Å². The third-order valence-electron chi connectivity index (χ3n) is 6.21. The number of nitrogens with one attached hydrogen (secondary N) is 1. The van der Waals surface area contributed by atoms with Crippen molar-refractivity contribution in [3.63, 3.8) is 0 Å². The van der Waals surface area contributed by atoms with Gasteiger partial charge in [0.2, 0.25) is 0 Å². The van der Waals surface area contributed by atoms with Crippen LogP contribution in [0.2, 0.25) is 0 Å². The molecule has 0 saturated heterocycles. The van der Waals surface area contributed by atoms with Crippen LogP contribution in [-0.4, -0.2) is 25.2 Å². The summed E-state index contributed by atoms with van der Waals surface area (Å²) in [4.78, 5) is 29.3. The number of esters is 1. The summed E-state index contributed by atoms with van der Waals surface area (Å²) in [5, 5.41) is 3.10. The average molecular weight is 555 g/mol. The van der Waals surface area contributed by atoms with Crippen LogP contribution in [0.5, 0.6) is 5.75 Å². The second-order valence-electron chi connectivity index (χ2n) is 9.04. The van der Waals surface area contributed by atoms with Gasteiger partial charge in [-0.25, -0.2) is 4.79 Å². The van der Waals surface area contributed by atoms with Crippen molar-refractivity contribution in [2.24, 2.45) is 0 Å². The molecule has 0 bridgehead atoms. The van der Waals surface area contributed by atoms with E-state index in [1.54, 1.807) is 23.6 Å². The SMILES string of the molecule is CCOC(=O)Cc1ccc(Sc2cccc(NC(=O)N(c3ccccc3OCC)C(C)c3ccccc3)c2)cc1. The minimum Gasteiger partial charge on any atom is -0.492 e. The largest absolute Gasteiger partial charge is 0.492 e. The van der Waals surface area contributed by atoms with Crippen molar-refractivity contribution in [3.8, 4) is 5.75 Å². The predicted molar refractivity (Wildman–Crippen MR) is 161 cm³/mol. The second kappa shape index (κ2) is 14.2. The van der Waals surface area contributed by atoms with Gasteiger partial charge in [0.25, 0.3) is 0 Å². The van der Waals surface area contributed by atoms with Crippen molar-refractivity contribution in [3.05, 3.63) is 114 Å². The Labute approximate surface area is 240 Å². The molecule has 4 rings (SSSR count). The van der Waals surface area contributed by atoms with Gasteiger partial charge in [-0.2, -0.15) is 0 Å². The highest BCUT2D eigenvalue weighted by molar-refractivity contribution is 7.99. The van der Waals surface area contributed by atoms with Crippen molar-refractivity contribution >= 4 is 35.1 Å². The molecule has 0 aliphatic carbocycles. The van der Waals surface area contributed by atoms with Crippen molar-refractivity contribution in [1.82, 2.24) is 0 Å². The summed E-state index contributed by atoms with van der Waals surface area (Å²) in [6.45, 7) is 6.61. The van der Waals surface area contributed by atoms with E-state index in [0.717, 1.165) is 20.9 Å². The molecule has 40 heavy (non-hydrogen) atoms. The summed E-state index contributed by atoms with van der Waals surface area (Å²) in [6.07, 6.45) is 0.255. The Morgan fingerprint density at radius 3 is 2.27 bits per heavy atom. The monoisotopic (exact) mass is 554 g/mol. The molecule has 206 valence electrons. The van der Waals surface area contributed by atoms with E-state index in [9.17, 15) is 9.59 Å². The van der Waals surface area contributed by atoms with Crippen LogP contribution in [-0.2, 0) is 16.0 Å². The van der Waals surface area contributed by atoms with E-state index in [1.165, 1.54) is 0 Å². The van der Waals surface area contributed by atoms with Crippen LogP contribution in [0.15, 0.2) is 113 Å². The van der Waals surface area contributed by atoms with Gasteiger partial charge >= 0.3 is 12.0 Å². The summed E-state index contributed by atoms with van der Waals surface area (Å²) >= 11 is 1.58. The van der Waals surface area contributed by atoms with Crippen LogP contribution in [0.3, 0.4) is 0 Å². The van der Waals surface area contributed by atoms with Crippen LogP contribution >= 0.6 is 11.8 Å². The number of para-hydroxylation sites is 2. The second-order valence-corrected chi connectivity index (χ2v) is 10.2. The van der Waals surface area contributed by atoms with Crippen LogP contribution in [0, 0.1) is 0 Å². The van der Waals surface area contributed by atoms with Crippen LogP contribution in [0.25, 0.3) is 0 Å². The number of carbonyl (C=O) groups is 2. The maximum Gasteiger partial charge on any atom is 0.327 e. The van der Waals surface area contributed by atoms with E-state index < -0.39 is 0 Å². The number of amides is 2. The maximum absolute atomic E-state index is 13.8. The molecule has 0 saturated carbocycles. The van der Waals surface area contributed by atoms with Gasteiger partial charge in [0, 0.05) is 15.5 Å². The third kappa shape index (κ3) is 7.67. The molecular formula is C33H34N2O4S. The molecule has 0 aliphatic heterocycles. The highest BCUT2D eigenvalue weighted by Crippen LogP contribution is 2.36. The molecule has 0 aliphatic rings. The summed E-state index contributed by atoms with van der Waals surface area (Å²) in [5.74, 6) is 0.421. The van der Waals surface area contributed by atoms with Crippen molar-refractivity contribution in [2.45, 2.75) is 43.0 Å². The normalized spacial score (nSPS) is 11.4. The molecule has 7 heteroatoms. The lowest BCUT2D eigenvalue weighted by Crippen LogP contribution is -2.37. The minimum absolute atomic E-state index is 0.231. The molecule has 0 aromatic heterocycles. The fourth-order valence-corrected chi connectivity index (χ4v) is 5.20. The molecule has 0 fully saturated rings. The molecular weight excluding hydrogens is 520 g/mol. The molecule has 0 spiro atoms. The van der Waals surface area contributed by atoms with E-state index >= 15 is 0 Å². The molecule has 4 aromatic carbocycles. The number of ether oxygens (including phenoxy) is 2. The van der Waals surface area contributed by atoms with Crippen molar-refractivity contribution < 1.29 is 19.1 Å². The van der Waals surface area contributed by atoms with Crippen molar-refractivity contribution in [1.29, 1.82) is 0 Å². The van der Waals surface area contributed by atoms with Gasteiger partial charge in [0.1, 0.15) is 5.75 Å². The Hall–Kier alpha value is -4.23. The number of benzene rings is 4. The number of nitrogens with zero attached hydrogens (tertiary/aromatic N) is 1. The lowest BCUT2D eigenvalue weighted by Gasteiger charge is -2.31. The maximum atomic E-state index is 13.8. The summed E-state index contributed by atoms with van der Waals surface area (Å²) in [6, 6.07) is 32.6. The van der Waals surface area contributed by atoms with Gasteiger partial charge in [-0.05, 0) is 74.4 Å². The Bertz CT molecular complexity index is 1410. The first-order valence-electron chi connectivity index (χ1n) is 13.4. The third-order valence-corrected chi connectivity index (χ3v) is 7.21. The molecule has 6 nitrogen and oxygen atoms in total. The highest BCUT2D eigenvalue weighted by Gasteiger charge is 2.26. The Balaban J connectivity index is 1.53. The molecule has 0 heterocycles. The van der Waals surface area contributed by atoms with Gasteiger partial charge in [-0.1, -0.05) is 72.4 Å². The van der Waals surface area contributed by atoms with Gasteiger partial charge in [0.05, 0.1) is 31.4 Å². The smallest absolute Gasteiger partial charge is 0.327 e. The number of urea groups is 1. The average Bonchev–Trinajstić information content (AvgIpc) is 2.96. The fourth-order valence-electron chi connectivity index (χ4n) is 4.32. The molecule has 0 radical (unpaired) electrons. The zero-order chi connectivity index (χ0) is 28.3. The number of anilines is 2. The van der Waals surface area contributed by atoms with Gasteiger partial charge in [0.15, 0.2) is 0 Å². The standard InChI is InChI=1S/C33H34N2O4S/c1-4-38-31-17-10-9-16-30(31)35(24(3)26-12-7-6-8-13-26)33(37)34-27-14-11-15-29(23-27)40-28-20-18-25(19-21-28)22-32(36)39-5-2/h6-21,23-24H,4-5,22H2,1-3H3,(H,34,37). The molecule has 2 amide bonds. The number of rotatable bonds is 11. The minimum atomic E-state index is -0.256. The zero-order valence-electron chi connectivity index (χ0n) is 23.0. The first-order valence-corrected chi connectivity index (χ1v) is 14.2. The zero-order valence-corrected chi connectivity index (χ0v) is 23.8. The molecule has 1 unspecified atom stereocenters. The Morgan fingerprint density at radius 1 is 0.825 bits per heavy atom. The highest BCUT2D eigenvalue weighted by atomic mass is 32.2. The number of hydrogen-bond acceptors (Lipinski definition) is 5. The first-order chi connectivity index (χ1) is 19.5. The van der Waals surface area contributed by atoms with E-state index in [-0.39, 0.29) is 24.5 Å². The summed E-state index contributed by atoms with van der Waals surface area (Å²) in [5.41, 5.74) is 3.31. The quantitative estimate of drug-likeness (QED) is 0.190. The molecule has 1 N–H and O–H groups in total. The Kier molecular flexibility index (Phi) is 10.2. The van der Waals surface area contributed by atoms with Crippen LogP contribution in [0.1, 0.15) is 37.9 Å². The van der Waals surface area contributed by atoms with E-state index in [2.05, 4.69) is 5.32 Å². The molecule has 1 atom stereocenters. The first kappa shape index (κ1) is 28.8. The van der Waals surface area contributed by atoms with Gasteiger partial charge < -0.3 is 14.8 Å². The van der Waals surface area contributed by atoms with Crippen LogP contribution in [0.4, 0.5) is 16.2 Å². The predicted octanol–water partition coefficient (Wildman–Crippen LogP) is 8.14. The number of hydrogen-bond donors (Lipinski definition) is 1. The Morgan fingerprint density at radius 2 is 1.55 bits per heavy atom. The number of carbonyl (C=O) groups excluding carboxylic acids is 2. The topological polar surface area (TPSA) is 67.9 Å². The molecule has 4 aromatic rings. The van der Waals surface area contributed by atoms with Crippen LogP contribution < -0.4 is 15.0 Å². The lowest BCUT2D eigenvalue weighted by molar-refractivity contribution is -0.142. The van der Waals surface area contributed by atoms with E-state index in [0.29, 0.717) is 30.3 Å².